The maximum atomic E-state index is 12.7. The standard InChI is InChI=1S/C21H13F6N3O3S2/c22-20(23,24)13-4-7-17(28-9-13)19-29-15(11-34-19)10-33-18-3-1-2-12-8-14(5-6-16(12)18)30-35(31,32)21(25,26)27/h1-9,11,30H,10H2. The number of anilines is 1. The van der Waals surface area contributed by atoms with Gasteiger partial charge in [-0.15, -0.1) is 11.3 Å². The molecule has 4 aromatic rings. The van der Waals surface area contributed by atoms with Crippen LogP contribution < -0.4 is 9.46 Å². The number of nitrogens with one attached hydrogen (secondary N) is 1. The molecule has 0 radical (unpaired) electrons. The third kappa shape index (κ3) is 5.48. The van der Waals surface area contributed by atoms with Crippen LogP contribution >= 0.6 is 11.3 Å². The van der Waals surface area contributed by atoms with Crippen LogP contribution in [-0.2, 0) is 22.8 Å². The zero-order chi connectivity index (χ0) is 25.4. The molecule has 2 aromatic carbocycles. The smallest absolute Gasteiger partial charge is 0.487 e. The number of benzene rings is 2. The van der Waals surface area contributed by atoms with E-state index < -0.39 is 27.3 Å². The minimum atomic E-state index is -5.56. The fraction of sp³-hybridized carbons (Fsp3) is 0.143. The topological polar surface area (TPSA) is 81.2 Å². The van der Waals surface area contributed by atoms with E-state index >= 15 is 0 Å². The molecule has 0 spiro atoms. The first-order valence-corrected chi connectivity index (χ1v) is 11.9. The van der Waals surface area contributed by atoms with Crippen molar-refractivity contribution < 1.29 is 39.5 Å². The molecule has 0 saturated carbocycles. The largest absolute Gasteiger partial charge is 0.516 e. The van der Waals surface area contributed by atoms with Gasteiger partial charge < -0.3 is 4.74 Å². The van der Waals surface area contributed by atoms with Crippen LogP contribution in [-0.4, -0.2) is 23.9 Å². The van der Waals surface area contributed by atoms with E-state index in [1.807, 2.05) is 0 Å². The summed E-state index contributed by atoms with van der Waals surface area (Å²) in [7, 11) is -5.56. The zero-order valence-electron chi connectivity index (χ0n) is 17.2. The minimum Gasteiger partial charge on any atom is -0.487 e. The van der Waals surface area contributed by atoms with Gasteiger partial charge in [-0.3, -0.25) is 9.71 Å². The first kappa shape index (κ1) is 24.7. The SMILES string of the molecule is O=S(=O)(Nc1ccc2c(OCc3csc(-c4ccc(C(F)(F)F)cn4)n3)cccc2c1)C(F)(F)F. The molecule has 6 nitrogen and oxygen atoms in total. The van der Waals surface area contributed by atoms with Crippen LogP contribution in [0.3, 0.4) is 0 Å². The predicted octanol–water partition coefficient (Wildman–Crippen LogP) is 6.22. The molecule has 0 unspecified atom stereocenters. The Bertz CT molecular complexity index is 1470. The number of thiazole rings is 1. The molecule has 0 aliphatic carbocycles. The number of nitrogens with zero attached hydrogens (tertiary/aromatic N) is 2. The maximum absolute atomic E-state index is 12.7. The van der Waals surface area contributed by atoms with E-state index in [-0.39, 0.29) is 18.0 Å². The van der Waals surface area contributed by atoms with Gasteiger partial charge in [0.2, 0.25) is 0 Å². The Hall–Kier alpha value is -3.39. The van der Waals surface area contributed by atoms with Crippen LogP contribution in [0.1, 0.15) is 11.3 Å². The number of sulfonamides is 1. The highest BCUT2D eigenvalue weighted by Crippen LogP contribution is 2.32. The summed E-state index contributed by atoms with van der Waals surface area (Å²) in [4.78, 5) is 8.12. The van der Waals surface area contributed by atoms with Gasteiger partial charge >= 0.3 is 21.7 Å². The summed E-state index contributed by atoms with van der Waals surface area (Å²) in [5, 5.41) is 3.00. The van der Waals surface area contributed by atoms with Crippen LogP contribution in [0.15, 0.2) is 60.1 Å². The number of fused-ring (bicyclic) bond motifs is 1. The Morgan fingerprint density at radius 3 is 2.43 bits per heavy atom. The van der Waals surface area contributed by atoms with Gasteiger partial charge in [0, 0.05) is 22.7 Å². The molecule has 2 aromatic heterocycles. The first-order chi connectivity index (χ1) is 16.3. The lowest BCUT2D eigenvalue weighted by atomic mass is 10.1. The molecular formula is C21H13F6N3O3S2. The van der Waals surface area contributed by atoms with Crippen molar-refractivity contribution in [2.24, 2.45) is 0 Å². The summed E-state index contributed by atoms with van der Waals surface area (Å²) in [6, 6.07) is 10.7. The summed E-state index contributed by atoms with van der Waals surface area (Å²) >= 11 is 1.17. The number of hydrogen-bond donors (Lipinski definition) is 1. The van der Waals surface area contributed by atoms with Crippen molar-refractivity contribution in [2.75, 3.05) is 4.72 Å². The molecule has 0 fully saturated rings. The third-order valence-electron chi connectivity index (χ3n) is 4.63. The Balaban J connectivity index is 1.49. The number of aromatic nitrogens is 2. The molecule has 0 saturated heterocycles. The molecule has 0 aliphatic heterocycles. The molecule has 184 valence electrons. The minimum absolute atomic E-state index is 0.00129. The van der Waals surface area contributed by atoms with E-state index in [9.17, 15) is 34.8 Å². The molecule has 0 bridgehead atoms. The number of rotatable bonds is 6. The lowest BCUT2D eigenvalue weighted by Gasteiger charge is -2.12. The predicted molar refractivity (Wildman–Crippen MR) is 117 cm³/mol. The van der Waals surface area contributed by atoms with Gasteiger partial charge in [-0.05, 0) is 41.8 Å². The number of hydrogen-bond acceptors (Lipinski definition) is 6. The van der Waals surface area contributed by atoms with Crippen LogP contribution in [0.25, 0.3) is 21.5 Å². The maximum Gasteiger partial charge on any atom is 0.516 e. The molecule has 1 N–H and O–H groups in total. The van der Waals surface area contributed by atoms with Crippen molar-refractivity contribution >= 4 is 37.8 Å². The quantitative estimate of drug-likeness (QED) is 0.298. The molecule has 0 atom stereocenters. The van der Waals surface area contributed by atoms with E-state index in [0.717, 1.165) is 12.3 Å². The fourth-order valence-corrected chi connectivity index (χ4v) is 4.32. The van der Waals surface area contributed by atoms with Gasteiger partial charge in [0.05, 0.1) is 17.0 Å². The highest BCUT2D eigenvalue weighted by molar-refractivity contribution is 7.93. The Labute approximate surface area is 198 Å². The molecular weight excluding hydrogens is 520 g/mol. The van der Waals surface area contributed by atoms with Gasteiger partial charge in [0.1, 0.15) is 17.4 Å². The number of alkyl halides is 6. The Morgan fingerprint density at radius 1 is 1.00 bits per heavy atom. The summed E-state index contributed by atoms with van der Waals surface area (Å²) < 4.78 is 106. The molecule has 35 heavy (non-hydrogen) atoms. The summed E-state index contributed by atoms with van der Waals surface area (Å²) in [5.41, 5.74) is -5.83. The van der Waals surface area contributed by atoms with Gasteiger partial charge in [0.15, 0.2) is 0 Å². The van der Waals surface area contributed by atoms with Crippen LogP contribution in [0.4, 0.5) is 32.0 Å². The van der Waals surface area contributed by atoms with Crippen molar-refractivity contribution in [1.29, 1.82) is 0 Å². The second kappa shape index (κ2) is 9.00. The molecule has 0 amide bonds. The van der Waals surface area contributed by atoms with Gasteiger partial charge in [-0.1, -0.05) is 12.1 Å². The molecule has 14 heteroatoms. The van der Waals surface area contributed by atoms with E-state index in [1.54, 1.807) is 23.6 Å². The van der Waals surface area contributed by atoms with Crippen molar-refractivity contribution in [3.05, 3.63) is 71.4 Å². The molecule has 4 rings (SSSR count). The number of ether oxygens (including phenoxy) is 1. The normalized spacial score (nSPS) is 12.6. The average molecular weight is 533 g/mol. The summed E-state index contributed by atoms with van der Waals surface area (Å²) in [5.74, 6) is 0.370. The molecule has 2 heterocycles. The Kier molecular flexibility index (Phi) is 6.36. The third-order valence-corrected chi connectivity index (χ3v) is 6.66. The van der Waals surface area contributed by atoms with Gasteiger partial charge in [-0.25, -0.2) is 4.98 Å². The van der Waals surface area contributed by atoms with E-state index in [0.29, 0.717) is 27.2 Å². The summed E-state index contributed by atoms with van der Waals surface area (Å²) in [6.45, 7) is -0.00129. The van der Waals surface area contributed by atoms with Crippen LogP contribution in [0.5, 0.6) is 5.75 Å². The van der Waals surface area contributed by atoms with Crippen molar-refractivity contribution in [3.8, 4) is 16.5 Å². The van der Waals surface area contributed by atoms with Gasteiger partial charge in [-0.2, -0.15) is 34.8 Å². The average Bonchev–Trinajstić information content (AvgIpc) is 3.25. The number of halogens is 6. The monoisotopic (exact) mass is 533 g/mol. The van der Waals surface area contributed by atoms with Gasteiger partial charge in [0.25, 0.3) is 0 Å². The second-order valence-corrected chi connectivity index (χ2v) is 9.64. The zero-order valence-corrected chi connectivity index (χ0v) is 18.8. The molecule has 0 aliphatic rings. The van der Waals surface area contributed by atoms with Crippen molar-refractivity contribution in [1.82, 2.24) is 9.97 Å². The number of pyridine rings is 1. The Morgan fingerprint density at radius 2 is 1.77 bits per heavy atom. The highest BCUT2D eigenvalue weighted by Gasteiger charge is 2.46. The fourth-order valence-electron chi connectivity index (χ4n) is 2.99. The highest BCUT2D eigenvalue weighted by atomic mass is 32.2. The first-order valence-electron chi connectivity index (χ1n) is 9.56. The van der Waals surface area contributed by atoms with Crippen molar-refractivity contribution in [3.63, 3.8) is 0 Å². The lowest BCUT2D eigenvalue weighted by Crippen LogP contribution is -2.29. The lowest BCUT2D eigenvalue weighted by molar-refractivity contribution is -0.137. The van der Waals surface area contributed by atoms with Crippen LogP contribution in [0.2, 0.25) is 0 Å². The van der Waals surface area contributed by atoms with Crippen LogP contribution in [0, 0.1) is 0 Å². The van der Waals surface area contributed by atoms with E-state index in [1.165, 1.54) is 40.3 Å². The van der Waals surface area contributed by atoms with E-state index in [4.69, 9.17) is 4.74 Å². The van der Waals surface area contributed by atoms with Crippen molar-refractivity contribution in [2.45, 2.75) is 18.3 Å². The van der Waals surface area contributed by atoms with E-state index in [2.05, 4.69) is 9.97 Å². The second-order valence-electron chi connectivity index (χ2n) is 7.11. The summed E-state index contributed by atoms with van der Waals surface area (Å²) in [6.07, 6.45) is -3.76.